The third kappa shape index (κ3) is 4.72. The molecule has 0 spiro atoms. The number of sulfone groups is 1. The summed E-state index contributed by atoms with van der Waals surface area (Å²) in [5.41, 5.74) is 1.28. The van der Waals surface area contributed by atoms with Gasteiger partial charge in [-0.05, 0) is 48.5 Å². The molecule has 0 saturated heterocycles. The van der Waals surface area contributed by atoms with E-state index in [1.807, 2.05) is 6.07 Å². The molecule has 3 aromatic rings. The van der Waals surface area contributed by atoms with E-state index in [0.717, 1.165) is 10.0 Å². The standard InChI is InChI=1S/C21H18BrN3O3S/c1-24(15-16-4-3-13-23-14-16)21(26)25(2)18-7-11-20(12-8-18)29(27,28)19-9-5-17(22)6-10-19/h3-14H,1-2,15H2/q+2. The summed E-state index contributed by atoms with van der Waals surface area (Å²) >= 11 is 3.29. The number of aromatic nitrogens is 1. The molecule has 29 heavy (non-hydrogen) atoms. The summed E-state index contributed by atoms with van der Waals surface area (Å²) in [6, 6.07) is 15.6. The minimum Gasteiger partial charge on any atom is -0.264 e. The first-order valence-corrected chi connectivity index (χ1v) is 10.8. The summed E-state index contributed by atoms with van der Waals surface area (Å²) in [5.74, 6) is 0. The highest BCUT2D eigenvalue weighted by atomic mass is 79.9. The maximum Gasteiger partial charge on any atom is 0.676 e. The minimum atomic E-state index is -3.65. The maximum absolute atomic E-state index is 12.7. The molecular formula is C21H18BrN3O3S+2. The van der Waals surface area contributed by atoms with Crippen LogP contribution in [0.1, 0.15) is 5.56 Å². The molecule has 2 aromatic carbocycles. The predicted molar refractivity (Wildman–Crippen MR) is 114 cm³/mol. The molecule has 1 aromatic heterocycles. The van der Waals surface area contributed by atoms with Gasteiger partial charge in [0.1, 0.15) is 13.4 Å². The molecule has 146 valence electrons. The van der Waals surface area contributed by atoms with Gasteiger partial charge < -0.3 is 0 Å². The van der Waals surface area contributed by atoms with Crippen molar-refractivity contribution in [2.24, 2.45) is 0 Å². The first kappa shape index (κ1) is 20.8. The number of benzene rings is 2. The van der Waals surface area contributed by atoms with Crippen LogP contribution in [-0.2, 0) is 16.4 Å². The van der Waals surface area contributed by atoms with E-state index in [4.69, 9.17) is 0 Å². The Bertz CT molecular complexity index is 1170. The molecule has 0 aliphatic rings. The molecule has 0 unspecified atom stereocenters. The fraction of sp³-hybridized carbons (Fsp3) is 0.0476. The number of pyridine rings is 1. The van der Waals surface area contributed by atoms with Crippen LogP contribution in [0, 0.1) is 0 Å². The Balaban J connectivity index is 1.77. The second-order valence-corrected chi connectivity index (χ2v) is 9.09. The highest BCUT2D eigenvalue weighted by Gasteiger charge is 2.30. The second-order valence-electron chi connectivity index (χ2n) is 6.22. The lowest BCUT2D eigenvalue weighted by molar-refractivity contribution is -0.537. The summed E-state index contributed by atoms with van der Waals surface area (Å²) in [5, 5.41) is 0. The summed E-state index contributed by atoms with van der Waals surface area (Å²) in [6.45, 7) is 7.79. The van der Waals surface area contributed by atoms with E-state index in [1.165, 1.54) is 45.5 Å². The van der Waals surface area contributed by atoms with Crippen molar-refractivity contribution in [1.29, 1.82) is 0 Å². The molecule has 2 amide bonds. The van der Waals surface area contributed by atoms with Gasteiger partial charge in [0.15, 0.2) is 6.54 Å². The van der Waals surface area contributed by atoms with Gasteiger partial charge in [-0.2, -0.15) is 4.79 Å². The van der Waals surface area contributed by atoms with Crippen LogP contribution in [0.25, 0.3) is 0 Å². The first-order valence-electron chi connectivity index (χ1n) is 8.51. The van der Waals surface area contributed by atoms with Crippen LogP contribution in [-0.4, -0.2) is 42.0 Å². The molecule has 3 rings (SSSR count). The van der Waals surface area contributed by atoms with Gasteiger partial charge in [-0.1, -0.05) is 20.5 Å². The highest BCUT2D eigenvalue weighted by molar-refractivity contribution is 9.10. The minimum absolute atomic E-state index is 0.131. The Morgan fingerprint density at radius 2 is 1.55 bits per heavy atom. The van der Waals surface area contributed by atoms with Gasteiger partial charge in [-0.25, -0.2) is 8.42 Å². The van der Waals surface area contributed by atoms with E-state index >= 15 is 0 Å². The molecule has 8 heteroatoms. The second kappa shape index (κ2) is 8.59. The van der Waals surface area contributed by atoms with Gasteiger partial charge in [0.2, 0.25) is 15.5 Å². The third-order valence-electron chi connectivity index (χ3n) is 4.18. The van der Waals surface area contributed by atoms with Crippen LogP contribution >= 0.6 is 15.9 Å². The molecule has 0 atom stereocenters. The van der Waals surface area contributed by atoms with E-state index in [9.17, 15) is 13.2 Å². The van der Waals surface area contributed by atoms with Crippen molar-refractivity contribution < 1.29 is 22.4 Å². The van der Waals surface area contributed by atoms with Crippen molar-refractivity contribution >= 4 is 50.9 Å². The molecule has 0 fully saturated rings. The molecule has 1 heterocycles. The van der Waals surface area contributed by atoms with Crippen molar-refractivity contribution in [2.45, 2.75) is 16.3 Å². The van der Waals surface area contributed by atoms with Crippen molar-refractivity contribution in [1.82, 2.24) is 4.98 Å². The number of halogens is 1. The summed E-state index contributed by atoms with van der Waals surface area (Å²) < 4.78 is 28.7. The molecule has 0 N–H and O–H groups in total. The molecule has 0 aliphatic heterocycles. The van der Waals surface area contributed by atoms with Crippen LogP contribution in [0.3, 0.4) is 0 Å². The summed E-state index contributed by atoms with van der Waals surface area (Å²) in [7, 11) is -3.65. The number of amides is 2. The van der Waals surface area contributed by atoms with Gasteiger partial charge in [-0.3, -0.25) is 4.98 Å². The number of hydrogen-bond donors (Lipinski definition) is 0. The van der Waals surface area contributed by atoms with Crippen LogP contribution in [0.5, 0.6) is 0 Å². The lowest BCUT2D eigenvalue weighted by Gasteiger charge is -2.05. The Hall–Kier alpha value is -2.97. The fourth-order valence-electron chi connectivity index (χ4n) is 2.62. The largest absolute Gasteiger partial charge is 0.676 e. The number of hydrogen-bond acceptors (Lipinski definition) is 4. The predicted octanol–water partition coefficient (Wildman–Crippen LogP) is 4.05. The van der Waals surface area contributed by atoms with Crippen LogP contribution in [0.2, 0.25) is 0 Å². The van der Waals surface area contributed by atoms with Crippen LogP contribution < -0.4 is 0 Å². The van der Waals surface area contributed by atoms with Gasteiger partial charge in [0.05, 0.1) is 9.79 Å². The van der Waals surface area contributed by atoms with Gasteiger partial charge in [0.25, 0.3) is 0 Å². The third-order valence-corrected chi connectivity index (χ3v) is 6.49. The topological polar surface area (TPSA) is 70.1 Å². The number of carbonyl (C=O) groups is 1. The Morgan fingerprint density at radius 3 is 2.10 bits per heavy atom. The highest BCUT2D eigenvalue weighted by Crippen LogP contribution is 2.24. The van der Waals surface area contributed by atoms with E-state index in [0.29, 0.717) is 5.69 Å². The quantitative estimate of drug-likeness (QED) is 0.415. The zero-order chi connectivity index (χ0) is 21.0. The summed E-state index contributed by atoms with van der Waals surface area (Å²) in [4.78, 5) is 16.9. The fourth-order valence-corrected chi connectivity index (χ4v) is 4.14. The number of urea groups is 1. The smallest absolute Gasteiger partial charge is 0.264 e. The molecule has 0 radical (unpaired) electrons. The van der Waals surface area contributed by atoms with Crippen LogP contribution in [0.4, 0.5) is 10.5 Å². The Morgan fingerprint density at radius 1 is 0.966 bits per heavy atom. The maximum atomic E-state index is 12.7. The van der Waals surface area contributed by atoms with E-state index in [1.54, 1.807) is 30.6 Å². The van der Waals surface area contributed by atoms with Crippen molar-refractivity contribution in [3.8, 4) is 0 Å². The zero-order valence-corrected chi connectivity index (χ0v) is 17.8. The number of carbonyl (C=O) groups excluding carboxylic acids is 1. The van der Waals surface area contributed by atoms with E-state index in [2.05, 4.69) is 34.3 Å². The zero-order valence-electron chi connectivity index (χ0n) is 15.4. The Labute approximate surface area is 177 Å². The lowest BCUT2D eigenvalue weighted by Crippen LogP contribution is -2.26. The average molecular weight is 472 g/mol. The van der Waals surface area contributed by atoms with Gasteiger partial charge in [0, 0.05) is 34.6 Å². The van der Waals surface area contributed by atoms with Gasteiger partial charge in [-0.15, -0.1) is 4.58 Å². The molecular weight excluding hydrogens is 454 g/mol. The number of rotatable bonds is 5. The molecule has 0 saturated carbocycles. The van der Waals surface area contributed by atoms with E-state index in [-0.39, 0.29) is 16.3 Å². The van der Waals surface area contributed by atoms with Crippen molar-refractivity contribution in [3.63, 3.8) is 0 Å². The monoisotopic (exact) mass is 471 g/mol. The van der Waals surface area contributed by atoms with Crippen molar-refractivity contribution in [3.05, 3.63) is 83.1 Å². The Kier molecular flexibility index (Phi) is 6.14. The first-order chi connectivity index (χ1) is 13.8. The summed E-state index contributed by atoms with van der Waals surface area (Å²) in [6.07, 6.45) is 3.30. The van der Waals surface area contributed by atoms with E-state index < -0.39 is 15.9 Å². The van der Waals surface area contributed by atoms with Crippen LogP contribution in [0.15, 0.2) is 87.3 Å². The molecule has 6 nitrogen and oxygen atoms in total. The molecule has 0 aliphatic carbocycles. The molecule has 0 bridgehead atoms. The lowest BCUT2D eigenvalue weighted by atomic mass is 10.3. The number of nitrogens with zero attached hydrogens (tertiary/aromatic N) is 3. The SMILES string of the molecule is C=[N+](Cc1cccnc1)C(=O)[N+](=C)c1ccc(S(=O)(=O)c2ccc(Br)cc2)cc1. The normalized spacial score (nSPS) is 11.1. The van der Waals surface area contributed by atoms with Gasteiger partial charge >= 0.3 is 6.03 Å². The average Bonchev–Trinajstić information content (AvgIpc) is 2.73. The van der Waals surface area contributed by atoms with Crippen molar-refractivity contribution in [2.75, 3.05) is 0 Å².